The average Bonchev–Trinajstić information content (AvgIpc) is 3.04. The maximum absolute atomic E-state index is 12.4. The number of ether oxygens (including phenoxy) is 1. The van der Waals surface area contributed by atoms with Crippen molar-refractivity contribution in [3.8, 4) is 11.5 Å². The van der Waals surface area contributed by atoms with Crippen LogP contribution in [0.3, 0.4) is 0 Å². The Morgan fingerprint density at radius 1 is 1.09 bits per heavy atom. The lowest BCUT2D eigenvalue weighted by atomic mass is 10.2. The quantitative estimate of drug-likeness (QED) is 0.696. The van der Waals surface area contributed by atoms with Crippen LogP contribution in [0.15, 0.2) is 66.0 Å². The lowest BCUT2D eigenvalue weighted by molar-refractivity contribution is 0.102. The van der Waals surface area contributed by atoms with Gasteiger partial charge in [0.2, 0.25) is 0 Å². The summed E-state index contributed by atoms with van der Waals surface area (Å²) in [5.74, 6) is 0.694. The second kappa shape index (κ2) is 6.80. The Kier molecular flexibility index (Phi) is 4.39. The molecule has 0 saturated heterocycles. The Balaban J connectivity index is 1.81. The van der Waals surface area contributed by atoms with Crippen molar-refractivity contribution in [2.75, 3.05) is 5.32 Å². The Labute approximate surface area is 135 Å². The van der Waals surface area contributed by atoms with Gasteiger partial charge in [-0.05, 0) is 29.4 Å². The van der Waals surface area contributed by atoms with Gasteiger partial charge in [-0.25, -0.2) is 4.98 Å². The summed E-state index contributed by atoms with van der Waals surface area (Å²) in [5, 5.41) is 5.91. The molecule has 6 nitrogen and oxygen atoms in total. The zero-order valence-electron chi connectivity index (χ0n) is 11.8. The van der Waals surface area contributed by atoms with Crippen LogP contribution in [0.1, 0.15) is 10.4 Å². The maximum Gasteiger partial charge on any atom is 0.261 e. The Morgan fingerprint density at radius 3 is 2.57 bits per heavy atom. The van der Waals surface area contributed by atoms with E-state index in [0.29, 0.717) is 22.2 Å². The van der Waals surface area contributed by atoms with Gasteiger partial charge >= 0.3 is 0 Å². The molecule has 0 bridgehead atoms. The van der Waals surface area contributed by atoms with E-state index in [-0.39, 0.29) is 10.9 Å². The molecule has 1 N–H and O–H groups in total. The van der Waals surface area contributed by atoms with Crippen LogP contribution in [0.5, 0.6) is 11.5 Å². The van der Waals surface area contributed by atoms with E-state index in [2.05, 4.69) is 15.5 Å². The van der Waals surface area contributed by atoms with E-state index < -0.39 is 0 Å². The second-order valence-electron chi connectivity index (χ2n) is 4.46. The number of nitrogens with zero attached hydrogens (tertiary/aromatic N) is 2. The lowest BCUT2D eigenvalue weighted by Crippen LogP contribution is -2.12. The first-order valence-corrected chi connectivity index (χ1v) is 7.50. The van der Waals surface area contributed by atoms with E-state index in [9.17, 15) is 9.70 Å². The van der Waals surface area contributed by atoms with Gasteiger partial charge in [0.05, 0.1) is 11.8 Å². The van der Waals surface area contributed by atoms with E-state index >= 15 is 0 Å². The number of benzene rings is 2. The number of anilines is 1. The highest BCUT2D eigenvalue weighted by Crippen LogP contribution is 2.28. The summed E-state index contributed by atoms with van der Waals surface area (Å²) in [6.07, 6.45) is 1.31. The van der Waals surface area contributed by atoms with Crippen LogP contribution in [0.4, 0.5) is 10.1 Å². The van der Waals surface area contributed by atoms with Gasteiger partial charge in [-0.2, -0.15) is 0 Å². The van der Waals surface area contributed by atoms with Crippen LogP contribution < -0.4 is 10.1 Å². The standard InChI is InChI=1S/C16H11N3O3S/c20-15(18-16-17-10-14(19-21)23-16)12-8-4-5-9-13(12)22-11-6-2-1-3-7-11/h1-10H,(H,17,18,20). The molecule has 2 aromatic carbocycles. The van der Waals surface area contributed by atoms with Crippen molar-refractivity contribution in [1.29, 1.82) is 0 Å². The molecule has 0 radical (unpaired) electrons. The smallest absolute Gasteiger partial charge is 0.261 e. The number of hydrogen-bond donors (Lipinski definition) is 1. The molecule has 3 aromatic rings. The average molecular weight is 325 g/mol. The Hall–Kier alpha value is -3.06. The molecule has 23 heavy (non-hydrogen) atoms. The molecule has 1 heterocycles. The summed E-state index contributed by atoms with van der Waals surface area (Å²) >= 11 is 1.00. The van der Waals surface area contributed by atoms with Crippen molar-refractivity contribution >= 4 is 27.4 Å². The van der Waals surface area contributed by atoms with Crippen molar-refractivity contribution in [3.05, 3.63) is 71.3 Å². The number of nitrogens with one attached hydrogen (secondary N) is 1. The lowest BCUT2D eigenvalue weighted by Gasteiger charge is -2.10. The molecular weight excluding hydrogens is 314 g/mol. The SMILES string of the molecule is O=Nc1cnc(NC(=O)c2ccccc2Oc2ccccc2)s1. The largest absolute Gasteiger partial charge is 0.457 e. The molecular formula is C16H11N3O3S. The zero-order valence-corrected chi connectivity index (χ0v) is 12.6. The number of hydrogen-bond acceptors (Lipinski definition) is 6. The number of carbonyl (C=O) groups is 1. The minimum atomic E-state index is -0.372. The van der Waals surface area contributed by atoms with Gasteiger partial charge in [0.1, 0.15) is 11.5 Å². The molecule has 0 aliphatic heterocycles. The number of aromatic nitrogens is 1. The maximum atomic E-state index is 12.4. The van der Waals surface area contributed by atoms with Crippen molar-refractivity contribution in [2.24, 2.45) is 5.18 Å². The van der Waals surface area contributed by atoms with E-state index in [0.717, 1.165) is 11.3 Å². The fraction of sp³-hybridized carbons (Fsp3) is 0. The summed E-state index contributed by atoms with van der Waals surface area (Å²) in [6.45, 7) is 0. The Morgan fingerprint density at radius 2 is 1.83 bits per heavy atom. The van der Waals surface area contributed by atoms with Gasteiger partial charge in [-0.3, -0.25) is 10.1 Å². The number of amides is 1. The van der Waals surface area contributed by atoms with Gasteiger partial charge in [0.25, 0.3) is 5.91 Å². The molecule has 0 aliphatic carbocycles. The van der Waals surface area contributed by atoms with Crippen LogP contribution >= 0.6 is 11.3 Å². The highest BCUT2D eigenvalue weighted by Gasteiger charge is 2.14. The molecule has 0 fully saturated rings. The monoisotopic (exact) mass is 325 g/mol. The molecule has 0 atom stereocenters. The van der Waals surface area contributed by atoms with Gasteiger partial charge in [-0.1, -0.05) is 41.7 Å². The van der Waals surface area contributed by atoms with Crippen molar-refractivity contribution < 1.29 is 9.53 Å². The highest BCUT2D eigenvalue weighted by atomic mass is 32.1. The van der Waals surface area contributed by atoms with Gasteiger partial charge in [0.15, 0.2) is 10.1 Å². The van der Waals surface area contributed by atoms with Crippen molar-refractivity contribution in [1.82, 2.24) is 4.98 Å². The van der Waals surface area contributed by atoms with Crippen LogP contribution in [0.2, 0.25) is 0 Å². The summed E-state index contributed by atoms with van der Waals surface area (Å²) in [5.41, 5.74) is 0.368. The minimum absolute atomic E-state index is 0.203. The number of nitroso groups, excluding NO2 is 1. The first kappa shape index (κ1) is 14.9. The molecule has 0 spiro atoms. The van der Waals surface area contributed by atoms with Crippen LogP contribution in [-0.2, 0) is 0 Å². The number of carbonyl (C=O) groups excluding carboxylic acids is 1. The molecule has 114 valence electrons. The summed E-state index contributed by atoms with van der Waals surface area (Å²) in [7, 11) is 0. The van der Waals surface area contributed by atoms with Crippen LogP contribution in [-0.4, -0.2) is 10.9 Å². The second-order valence-corrected chi connectivity index (χ2v) is 5.47. The van der Waals surface area contributed by atoms with Gasteiger partial charge < -0.3 is 4.74 Å². The first-order chi connectivity index (χ1) is 11.3. The molecule has 0 saturated carbocycles. The normalized spacial score (nSPS) is 10.1. The minimum Gasteiger partial charge on any atom is -0.457 e. The topological polar surface area (TPSA) is 80.7 Å². The predicted octanol–water partition coefficient (Wildman–Crippen LogP) is 4.59. The van der Waals surface area contributed by atoms with Gasteiger partial charge in [0, 0.05) is 0 Å². The number of thiazole rings is 1. The van der Waals surface area contributed by atoms with Crippen LogP contribution in [0, 0.1) is 4.91 Å². The summed E-state index contributed by atoms with van der Waals surface area (Å²) in [4.78, 5) is 26.7. The molecule has 1 aromatic heterocycles. The third-order valence-electron chi connectivity index (χ3n) is 2.91. The molecule has 0 unspecified atom stereocenters. The fourth-order valence-electron chi connectivity index (χ4n) is 1.89. The first-order valence-electron chi connectivity index (χ1n) is 6.69. The van der Waals surface area contributed by atoms with Crippen molar-refractivity contribution in [2.45, 2.75) is 0 Å². The molecule has 1 amide bonds. The number of para-hydroxylation sites is 2. The predicted molar refractivity (Wildman–Crippen MR) is 88.5 cm³/mol. The molecule has 0 aliphatic rings. The molecule has 7 heteroatoms. The summed E-state index contributed by atoms with van der Waals surface area (Å²) in [6, 6.07) is 16.1. The van der Waals surface area contributed by atoms with Gasteiger partial charge in [-0.15, -0.1) is 4.91 Å². The van der Waals surface area contributed by atoms with E-state index in [1.165, 1.54) is 6.20 Å². The fourth-order valence-corrected chi connectivity index (χ4v) is 2.48. The zero-order chi connectivity index (χ0) is 16.1. The van der Waals surface area contributed by atoms with E-state index in [4.69, 9.17) is 4.74 Å². The third-order valence-corrected chi connectivity index (χ3v) is 3.70. The van der Waals surface area contributed by atoms with E-state index in [1.54, 1.807) is 36.4 Å². The number of rotatable bonds is 5. The molecule has 3 rings (SSSR count). The Bertz CT molecular complexity index is 833. The summed E-state index contributed by atoms with van der Waals surface area (Å²) < 4.78 is 5.75. The van der Waals surface area contributed by atoms with Crippen LogP contribution in [0.25, 0.3) is 0 Å². The van der Waals surface area contributed by atoms with E-state index in [1.807, 2.05) is 18.2 Å². The highest BCUT2D eigenvalue weighted by molar-refractivity contribution is 7.19. The van der Waals surface area contributed by atoms with Crippen molar-refractivity contribution in [3.63, 3.8) is 0 Å². The third kappa shape index (κ3) is 3.58.